The molecule has 1 aromatic carbocycles. The number of nitrogens with one attached hydrogen (secondary N) is 2. The van der Waals surface area contributed by atoms with Crippen LogP contribution in [-0.2, 0) is 4.79 Å². The first-order chi connectivity index (χ1) is 9.54. The lowest BCUT2D eigenvalue weighted by Crippen LogP contribution is -3.12. The molecule has 20 heavy (non-hydrogen) atoms. The van der Waals surface area contributed by atoms with E-state index in [2.05, 4.69) is 28.4 Å². The van der Waals surface area contributed by atoms with Gasteiger partial charge in [-0.3, -0.25) is 10.2 Å². The first-order valence-electron chi connectivity index (χ1n) is 6.48. The summed E-state index contributed by atoms with van der Waals surface area (Å²) < 4.78 is 6.29. The van der Waals surface area contributed by atoms with Crippen LogP contribution in [0, 0.1) is 0 Å². The fourth-order valence-electron chi connectivity index (χ4n) is 1.94. The Morgan fingerprint density at radius 3 is 2.85 bits per heavy atom. The Balaban J connectivity index is 1.77. The molecule has 1 saturated heterocycles. The molecule has 1 heterocycles. The number of quaternary nitrogens is 1. The van der Waals surface area contributed by atoms with Gasteiger partial charge in [0.15, 0.2) is 6.61 Å². The van der Waals surface area contributed by atoms with Crippen LogP contribution in [0.4, 0.5) is 0 Å². The molecular formula is C13H18BrClN3O2+. The molecule has 0 saturated carbocycles. The number of benzene rings is 1. The molecule has 0 bridgehead atoms. The molecule has 1 amide bonds. The van der Waals surface area contributed by atoms with Crippen LogP contribution in [0.2, 0.25) is 5.02 Å². The molecule has 0 atom stereocenters. The summed E-state index contributed by atoms with van der Waals surface area (Å²) in [7, 11) is 2.15. The predicted octanol–water partition coefficient (Wildman–Crippen LogP) is 0.343. The topological polar surface area (TPSA) is 46.0 Å². The Morgan fingerprint density at radius 1 is 1.50 bits per heavy atom. The summed E-state index contributed by atoms with van der Waals surface area (Å²) >= 11 is 9.34. The number of hydrogen-bond donors (Lipinski definition) is 2. The third-order valence-electron chi connectivity index (χ3n) is 3.15. The van der Waals surface area contributed by atoms with Crippen LogP contribution >= 0.6 is 27.5 Å². The van der Waals surface area contributed by atoms with E-state index in [-0.39, 0.29) is 12.5 Å². The molecule has 1 aromatic rings. The Bertz CT molecular complexity index is 479. The summed E-state index contributed by atoms with van der Waals surface area (Å²) in [6, 6.07) is 5.29. The van der Waals surface area contributed by atoms with E-state index < -0.39 is 0 Å². The van der Waals surface area contributed by atoms with Gasteiger partial charge in [-0.15, -0.1) is 0 Å². The summed E-state index contributed by atoms with van der Waals surface area (Å²) in [6.07, 6.45) is 0. The van der Waals surface area contributed by atoms with Crippen molar-refractivity contribution in [2.45, 2.75) is 0 Å². The lowest BCUT2D eigenvalue weighted by Gasteiger charge is -2.30. The number of amides is 1. The van der Waals surface area contributed by atoms with Gasteiger partial charge in [-0.25, -0.2) is 5.01 Å². The lowest BCUT2D eigenvalue weighted by atomic mass is 10.3. The van der Waals surface area contributed by atoms with Gasteiger partial charge in [0.05, 0.1) is 38.2 Å². The maximum absolute atomic E-state index is 11.8. The van der Waals surface area contributed by atoms with E-state index in [9.17, 15) is 4.79 Å². The average Bonchev–Trinajstić information content (AvgIpc) is 2.40. The number of hydrazine groups is 1. The third kappa shape index (κ3) is 4.63. The van der Waals surface area contributed by atoms with Gasteiger partial charge >= 0.3 is 0 Å². The Labute approximate surface area is 131 Å². The highest BCUT2D eigenvalue weighted by molar-refractivity contribution is 9.10. The van der Waals surface area contributed by atoms with Crippen molar-refractivity contribution in [3.8, 4) is 5.75 Å². The molecule has 5 nitrogen and oxygen atoms in total. The zero-order valence-electron chi connectivity index (χ0n) is 11.3. The van der Waals surface area contributed by atoms with Crippen LogP contribution in [0.15, 0.2) is 22.7 Å². The van der Waals surface area contributed by atoms with E-state index in [0.717, 1.165) is 30.7 Å². The molecule has 0 radical (unpaired) electrons. The van der Waals surface area contributed by atoms with Crippen molar-refractivity contribution in [2.24, 2.45) is 0 Å². The predicted molar refractivity (Wildman–Crippen MR) is 81.0 cm³/mol. The summed E-state index contributed by atoms with van der Waals surface area (Å²) in [5.41, 5.74) is 2.84. The van der Waals surface area contributed by atoms with Crippen molar-refractivity contribution in [3.63, 3.8) is 0 Å². The van der Waals surface area contributed by atoms with Crippen LogP contribution in [-0.4, -0.2) is 50.7 Å². The summed E-state index contributed by atoms with van der Waals surface area (Å²) in [6.45, 7) is 3.73. The maximum Gasteiger partial charge on any atom is 0.272 e. The summed E-state index contributed by atoms with van der Waals surface area (Å²) in [5.74, 6) is 0.344. The van der Waals surface area contributed by atoms with Gasteiger partial charge in [0.1, 0.15) is 5.75 Å². The lowest BCUT2D eigenvalue weighted by molar-refractivity contribution is -0.884. The first kappa shape index (κ1) is 15.6. The molecule has 2 N–H and O–H groups in total. The fourth-order valence-corrected chi connectivity index (χ4v) is 2.67. The van der Waals surface area contributed by atoms with Crippen LogP contribution in [0.3, 0.4) is 0 Å². The SMILES string of the molecule is C[NH+]1CCN(NC(=O)COc2ccc(Br)cc2Cl)CC1. The van der Waals surface area contributed by atoms with Crippen molar-refractivity contribution in [3.05, 3.63) is 27.7 Å². The number of likely N-dealkylation sites (N-methyl/N-ethyl adjacent to an activating group) is 1. The molecule has 0 spiro atoms. The maximum atomic E-state index is 11.8. The van der Waals surface area contributed by atoms with Gasteiger partial charge in [-0.1, -0.05) is 27.5 Å². The standard InChI is InChI=1S/C13H17BrClN3O2/c1-17-4-6-18(7-5-17)16-13(19)9-20-12-3-2-10(14)8-11(12)15/h2-3,8H,4-7,9H2,1H3,(H,16,19)/p+1. The van der Waals surface area contributed by atoms with Crippen molar-refractivity contribution in [2.75, 3.05) is 39.8 Å². The van der Waals surface area contributed by atoms with E-state index in [1.54, 1.807) is 12.1 Å². The zero-order valence-corrected chi connectivity index (χ0v) is 13.6. The molecular weight excluding hydrogens is 346 g/mol. The Hall–Kier alpha value is -0.820. The van der Waals surface area contributed by atoms with Crippen molar-refractivity contribution in [1.82, 2.24) is 10.4 Å². The van der Waals surface area contributed by atoms with Gasteiger partial charge in [0.25, 0.3) is 5.91 Å². The van der Waals surface area contributed by atoms with E-state index >= 15 is 0 Å². The van der Waals surface area contributed by atoms with Gasteiger partial charge in [-0.2, -0.15) is 0 Å². The van der Waals surface area contributed by atoms with E-state index in [0.29, 0.717) is 10.8 Å². The number of piperazine rings is 1. The minimum atomic E-state index is -0.163. The number of hydrogen-bond acceptors (Lipinski definition) is 3. The van der Waals surface area contributed by atoms with Crippen molar-refractivity contribution < 1.29 is 14.4 Å². The molecule has 1 fully saturated rings. The minimum absolute atomic E-state index is 0.0411. The first-order valence-corrected chi connectivity index (χ1v) is 7.65. The van der Waals surface area contributed by atoms with Crippen molar-refractivity contribution >= 4 is 33.4 Å². The molecule has 1 aliphatic heterocycles. The van der Waals surface area contributed by atoms with Crippen molar-refractivity contribution in [1.29, 1.82) is 0 Å². The van der Waals surface area contributed by atoms with E-state index in [4.69, 9.17) is 16.3 Å². The second-order valence-corrected chi connectivity index (χ2v) is 6.17. The highest BCUT2D eigenvalue weighted by Gasteiger charge is 2.18. The zero-order chi connectivity index (χ0) is 14.5. The third-order valence-corrected chi connectivity index (χ3v) is 3.94. The van der Waals surface area contributed by atoms with Gasteiger partial charge in [-0.05, 0) is 18.2 Å². The number of carbonyl (C=O) groups is 1. The molecule has 1 aliphatic rings. The number of rotatable bonds is 4. The van der Waals surface area contributed by atoms with Gasteiger partial charge in [0, 0.05) is 4.47 Å². The monoisotopic (exact) mass is 362 g/mol. The Morgan fingerprint density at radius 2 is 2.20 bits per heavy atom. The molecule has 7 heteroatoms. The second kappa shape index (κ2) is 7.26. The molecule has 0 aromatic heterocycles. The summed E-state index contributed by atoms with van der Waals surface area (Å²) in [4.78, 5) is 13.3. The number of ether oxygens (including phenoxy) is 1. The Kier molecular flexibility index (Phi) is 5.65. The molecule has 0 aliphatic carbocycles. The van der Waals surface area contributed by atoms with Crippen LogP contribution < -0.4 is 15.1 Å². The number of carbonyl (C=O) groups excluding carboxylic acids is 1. The second-order valence-electron chi connectivity index (χ2n) is 4.84. The highest BCUT2D eigenvalue weighted by Crippen LogP contribution is 2.27. The van der Waals surface area contributed by atoms with Crippen LogP contribution in [0.1, 0.15) is 0 Å². The smallest absolute Gasteiger partial charge is 0.272 e. The normalized spacial score (nSPS) is 16.9. The number of halogens is 2. The number of nitrogens with zero attached hydrogens (tertiary/aromatic N) is 1. The largest absolute Gasteiger partial charge is 0.482 e. The minimum Gasteiger partial charge on any atom is -0.482 e. The van der Waals surface area contributed by atoms with Crippen LogP contribution in [0.5, 0.6) is 5.75 Å². The molecule has 2 rings (SSSR count). The van der Waals surface area contributed by atoms with Crippen LogP contribution in [0.25, 0.3) is 0 Å². The van der Waals surface area contributed by atoms with Gasteiger partial charge < -0.3 is 9.64 Å². The average molecular weight is 364 g/mol. The van der Waals surface area contributed by atoms with Gasteiger partial charge in [0.2, 0.25) is 0 Å². The van der Waals surface area contributed by atoms with E-state index in [1.807, 2.05) is 11.1 Å². The fraction of sp³-hybridized carbons (Fsp3) is 0.462. The molecule has 0 unspecified atom stereocenters. The quantitative estimate of drug-likeness (QED) is 0.811. The van der Waals surface area contributed by atoms with E-state index in [1.165, 1.54) is 4.90 Å². The highest BCUT2D eigenvalue weighted by atomic mass is 79.9. The summed E-state index contributed by atoms with van der Waals surface area (Å²) in [5, 5.41) is 2.41. The molecule has 110 valence electrons.